The summed E-state index contributed by atoms with van der Waals surface area (Å²) < 4.78 is 0.982. The summed E-state index contributed by atoms with van der Waals surface area (Å²) in [7, 11) is 0. The number of carbonyl (C=O) groups excluding carboxylic acids is 1. The van der Waals surface area contributed by atoms with Crippen molar-refractivity contribution in [3.05, 3.63) is 46.1 Å². The molecule has 1 heterocycles. The number of benzene rings is 1. The first-order valence-corrected chi connectivity index (χ1v) is 6.35. The zero-order chi connectivity index (χ0) is 14.0. The van der Waals surface area contributed by atoms with Gasteiger partial charge in [0, 0.05) is 10.2 Å². The van der Waals surface area contributed by atoms with Gasteiger partial charge in [-0.15, -0.1) is 0 Å². The van der Waals surface area contributed by atoms with Crippen LogP contribution < -0.4 is 16.8 Å². The van der Waals surface area contributed by atoms with Gasteiger partial charge >= 0.3 is 0 Å². The Balaban J connectivity index is 2.40. The number of aromatic nitrogens is 1. The first kappa shape index (κ1) is 13.4. The lowest BCUT2D eigenvalue weighted by Gasteiger charge is -2.12. The van der Waals surface area contributed by atoms with Crippen LogP contribution in [0.4, 0.5) is 17.2 Å². The standard InChI is InChI=1S/C13H13BrN4O/c1-7-4-8(14)2-3-11(7)18-13-10(12(16)19)5-9(15)6-17-13/h2-6H,15H2,1H3,(H2,16,19)(H,17,18). The molecule has 5 nitrogen and oxygen atoms in total. The lowest BCUT2D eigenvalue weighted by Crippen LogP contribution is -2.15. The van der Waals surface area contributed by atoms with Crippen LogP contribution in [0, 0.1) is 6.92 Å². The van der Waals surface area contributed by atoms with Gasteiger partial charge in [0.15, 0.2) is 0 Å². The molecule has 0 saturated heterocycles. The smallest absolute Gasteiger partial charge is 0.252 e. The Kier molecular flexibility index (Phi) is 3.71. The molecule has 2 rings (SSSR count). The summed E-state index contributed by atoms with van der Waals surface area (Å²) in [5.74, 6) is -0.177. The van der Waals surface area contributed by atoms with Crippen molar-refractivity contribution in [2.24, 2.45) is 5.73 Å². The van der Waals surface area contributed by atoms with Crippen molar-refractivity contribution in [1.82, 2.24) is 4.98 Å². The molecule has 0 radical (unpaired) electrons. The van der Waals surface area contributed by atoms with E-state index >= 15 is 0 Å². The number of nitrogens with two attached hydrogens (primary N) is 2. The third-order valence-electron chi connectivity index (χ3n) is 2.62. The number of aryl methyl sites for hydroxylation is 1. The molecule has 0 atom stereocenters. The Bertz CT molecular complexity index is 643. The number of nitrogen functional groups attached to an aromatic ring is 1. The van der Waals surface area contributed by atoms with E-state index in [1.54, 1.807) is 0 Å². The molecule has 0 unspecified atom stereocenters. The number of anilines is 3. The maximum Gasteiger partial charge on any atom is 0.252 e. The number of primary amides is 1. The summed E-state index contributed by atoms with van der Waals surface area (Å²) >= 11 is 3.39. The number of hydrogen-bond acceptors (Lipinski definition) is 4. The number of pyridine rings is 1. The predicted octanol–water partition coefficient (Wildman–Crippen LogP) is 2.58. The van der Waals surface area contributed by atoms with Crippen molar-refractivity contribution in [2.75, 3.05) is 11.1 Å². The molecule has 1 amide bonds. The Hall–Kier alpha value is -2.08. The third kappa shape index (κ3) is 3.03. The molecule has 0 fully saturated rings. The second-order valence-electron chi connectivity index (χ2n) is 4.11. The number of nitrogens with one attached hydrogen (secondary N) is 1. The van der Waals surface area contributed by atoms with Crippen molar-refractivity contribution in [2.45, 2.75) is 6.92 Å². The van der Waals surface area contributed by atoms with Crippen LogP contribution in [0.15, 0.2) is 34.9 Å². The van der Waals surface area contributed by atoms with E-state index in [0.29, 0.717) is 11.5 Å². The summed E-state index contributed by atoms with van der Waals surface area (Å²) in [6, 6.07) is 7.26. The highest BCUT2D eigenvalue weighted by Crippen LogP contribution is 2.25. The number of carbonyl (C=O) groups is 1. The average molecular weight is 321 g/mol. The van der Waals surface area contributed by atoms with Gasteiger partial charge in [-0.05, 0) is 36.8 Å². The summed E-state index contributed by atoms with van der Waals surface area (Å²) in [4.78, 5) is 15.5. The van der Waals surface area contributed by atoms with Gasteiger partial charge < -0.3 is 16.8 Å². The van der Waals surface area contributed by atoms with Crippen LogP contribution in [0.2, 0.25) is 0 Å². The van der Waals surface area contributed by atoms with Gasteiger partial charge in [-0.2, -0.15) is 0 Å². The minimum Gasteiger partial charge on any atom is -0.397 e. The van der Waals surface area contributed by atoms with E-state index in [0.717, 1.165) is 15.7 Å². The third-order valence-corrected chi connectivity index (χ3v) is 3.11. The highest BCUT2D eigenvalue weighted by molar-refractivity contribution is 9.10. The van der Waals surface area contributed by atoms with E-state index in [2.05, 4.69) is 26.2 Å². The van der Waals surface area contributed by atoms with E-state index in [-0.39, 0.29) is 5.56 Å². The van der Waals surface area contributed by atoms with Crippen molar-refractivity contribution >= 4 is 39.0 Å². The summed E-state index contributed by atoms with van der Waals surface area (Å²) in [5.41, 5.74) is 13.4. The van der Waals surface area contributed by atoms with Gasteiger partial charge in [0.1, 0.15) is 5.82 Å². The van der Waals surface area contributed by atoms with Crippen molar-refractivity contribution in [3.63, 3.8) is 0 Å². The van der Waals surface area contributed by atoms with Crippen LogP contribution in [0.3, 0.4) is 0 Å². The van der Waals surface area contributed by atoms with Crippen LogP contribution in [-0.4, -0.2) is 10.9 Å². The van der Waals surface area contributed by atoms with Crippen LogP contribution in [-0.2, 0) is 0 Å². The number of amides is 1. The quantitative estimate of drug-likeness (QED) is 0.810. The highest BCUT2D eigenvalue weighted by atomic mass is 79.9. The average Bonchev–Trinajstić information content (AvgIpc) is 2.34. The van der Waals surface area contributed by atoms with Crippen LogP contribution in [0.1, 0.15) is 15.9 Å². The maximum absolute atomic E-state index is 11.4. The molecule has 1 aromatic heterocycles. The van der Waals surface area contributed by atoms with Gasteiger partial charge in [-0.3, -0.25) is 4.79 Å². The Morgan fingerprint density at radius 1 is 1.37 bits per heavy atom. The second kappa shape index (κ2) is 5.27. The van der Waals surface area contributed by atoms with E-state index in [1.165, 1.54) is 12.3 Å². The molecule has 0 spiro atoms. The van der Waals surface area contributed by atoms with Gasteiger partial charge in [0.05, 0.1) is 17.4 Å². The molecule has 98 valence electrons. The Morgan fingerprint density at radius 2 is 2.11 bits per heavy atom. The molecule has 0 bridgehead atoms. The second-order valence-corrected chi connectivity index (χ2v) is 5.03. The highest BCUT2D eigenvalue weighted by Gasteiger charge is 2.11. The number of hydrogen-bond donors (Lipinski definition) is 3. The minimum atomic E-state index is -0.572. The van der Waals surface area contributed by atoms with E-state index in [9.17, 15) is 4.79 Å². The predicted molar refractivity (Wildman–Crippen MR) is 79.3 cm³/mol. The number of halogens is 1. The lowest BCUT2D eigenvalue weighted by molar-refractivity contribution is 0.100. The Morgan fingerprint density at radius 3 is 2.74 bits per heavy atom. The van der Waals surface area contributed by atoms with Gasteiger partial charge in [0.25, 0.3) is 5.91 Å². The molecule has 0 saturated carbocycles. The summed E-state index contributed by atoms with van der Waals surface area (Å²) in [5, 5.41) is 3.09. The largest absolute Gasteiger partial charge is 0.397 e. The van der Waals surface area contributed by atoms with E-state index in [1.807, 2.05) is 25.1 Å². The molecule has 2 aromatic rings. The summed E-state index contributed by atoms with van der Waals surface area (Å²) in [6.07, 6.45) is 1.48. The molecular formula is C13H13BrN4O. The summed E-state index contributed by atoms with van der Waals surface area (Å²) in [6.45, 7) is 1.95. The van der Waals surface area contributed by atoms with Gasteiger partial charge in [-0.25, -0.2) is 4.98 Å². The van der Waals surface area contributed by atoms with Crippen molar-refractivity contribution in [3.8, 4) is 0 Å². The maximum atomic E-state index is 11.4. The minimum absolute atomic E-state index is 0.266. The lowest BCUT2D eigenvalue weighted by atomic mass is 10.2. The van der Waals surface area contributed by atoms with Crippen LogP contribution >= 0.6 is 15.9 Å². The first-order valence-electron chi connectivity index (χ1n) is 5.56. The normalized spacial score (nSPS) is 10.2. The molecule has 0 aliphatic rings. The fourth-order valence-electron chi connectivity index (χ4n) is 1.66. The van der Waals surface area contributed by atoms with Crippen LogP contribution in [0.5, 0.6) is 0 Å². The Labute approximate surface area is 119 Å². The van der Waals surface area contributed by atoms with Crippen molar-refractivity contribution < 1.29 is 4.79 Å². The van der Waals surface area contributed by atoms with Crippen molar-refractivity contribution in [1.29, 1.82) is 0 Å². The topological polar surface area (TPSA) is 94.0 Å². The molecule has 6 heteroatoms. The SMILES string of the molecule is Cc1cc(Br)ccc1Nc1ncc(N)cc1C(N)=O. The van der Waals surface area contributed by atoms with Gasteiger partial charge in [0.2, 0.25) is 0 Å². The molecule has 0 aliphatic carbocycles. The van der Waals surface area contributed by atoms with Crippen LogP contribution in [0.25, 0.3) is 0 Å². The fourth-order valence-corrected chi connectivity index (χ4v) is 2.14. The van der Waals surface area contributed by atoms with E-state index in [4.69, 9.17) is 11.5 Å². The fraction of sp³-hybridized carbons (Fsp3) is 0.0769. The molecule has 1 aromatic carbocycles. The molecule has 5 N–H and O–H groups in total. The zero-order valence-electron chi connectivity index (χ0n) is 10.3. The molecule has 19 heavy (non-hydrogen) atoms. The van der Waals surface area contributed by atoms with E-state index < -0.39 is 5.91 Å². The first-order chi connectivity index (χ1) is 8.97. The molecule has 0 aliphatic heterocycles. The van der Waals surface area contributed by atoms with Gasteiger partial charge in [-0.1, -0.05) is 15.9 Å². The zero-order valence-corrected chi connectivity index (χ0v) is 11.9. The number of nitrogens with zero attached hydrogens (tertiary/aromatic N) is 1. The monoisotopic (exact) mass is 320 g/mol. The molecular weight excluding hydrogens is 308 g/mol. The number of rotatable bonds is 3.